The number of ether oxygens (including phenoxy) is 2. The molecule has 7 heteroatoms. The Balaban J connectivity index is 1.81. The van der Waals surface area contributed by atoms with Gasteiger partial charge in [0, 0.05) is 6.54 Å². The Kier molecular flexibility index (Phi) is 5.14. The van der Waals surface area contributed by atoms with Crippen LogP contribution in [0.2, 0.25) is 0 Å². The Labute approximate surface area is 122 Å². The summed E-state index contributed by atoms with van der Waals surface area (Å²) < 4.78 is 10.4. The van der Waals surface area contributed by atoms with Gasteiger partial charge in [0.25, 0.3) is 0 Å². The van der Waals surface area contributed by atoms with Gasteiger partial charge >= 0.3 is 0 Å². The molecule has 1 aromatic carbocycles. The lowest BCUT2D eigenvalue weighted by Crippen LogP contribution is -2.27. The van der Waals surface area contributed by atoms with Crippen LogP contribution in [0.15, 0.2) is 24.5 Å². The predicted molar refractivity (Wildman–Crippen MR) is 76.3 cm³/mol. The number of rotatable bonds is 7. The van der Waals surface area contributed by atoms with Gasteiger partial charge < -0.3 is 14.8 Å². The van der Waals surface area contributed by atoms with Gasteiger partial charge in [0.1, 0.15) is 12.2 Å². The fraction of sp³-hybridized carbons (Fsp3) is 0.357. The average molecular weight is 290 g/mol. The van der Waals surface area contributed by atoms with Gasteiger partial charge in [0.2, 0.25) is 5.91 Å². The summed E-state index contributed by atoms with van der Waals surface area (Å²) in [7, 11) is 3.20. The fourth-order valence-corrected chi connectivity index (χ4v) is 1.91. The van der Waals surface area contributed by atoms with Crippen molar-refractivity contribution in [3.8, 4) is 11.5 Å². The molecule has 0 radical (unpaired) electrons. The zero-order chi connectivity index (χ0) is 15.1. The highest BCUT2D eigenvalue weighted by Gasteiger charge is 2.07. The van der Waals surface area contributed by atoms with Gasteiger partial charge in [-0.1, -0.05) is 6.07 Å². The van der Waals surface area contributed by atoms with Crippen molar-refractivity contribution in [3.05, 3.63) is 35.9 Å². The molecule has 2 N–H and O–H groups in total. The highest BCUT2D eigenvalue weighted by molar-refractivity contribution is 5.77. The molecule has 0 aliphatic rings. The molecule has 1 heterocycles. The van der Waals surface area contributed by atoms with E-state index < -0.39 is 0 Å². The number of benzene rings is 1. The van der Waals surface area contributed by atoms with Gasteiger partial charge in [-0.25, -0.2) is 4.98 Å². The zero-order valence-corrected chi connectivity index (χ0v) is 12.0. The number of nitrogens with zero attached hydrogens (tertiary/aromatic N) is 2. The fourth-order valence-electron chi connectivity index (χ4n) is 1.91. The molecule has 0 aliphatic heterocycles. The first-order valence-electron chi connectivity index (χ1n) is 6.54. The molecule has 0 bridgehead atoms. The van der Waals surface area contributed by atoms with Crippen LogP contribution in [0.1, 0.15) is 11.4 Å². The van der Waals surface area contributed by atoms with Crippen molar-refractivity contribution >= 4 is 5.91 Å². The lowest BCUT2D eigenvalue weighted by Gasteiger charge is -2.10. The molecule has 0 spiro atoms. The summed E-state index contributed by atoms with van der Waals surface area (Å²) >= 11 is 0. The van der Waals surface area contributed by atoms with E-state index in [1.807, 2.05) is 18.2 Å². The zero-order valence-electron chi connectivity index (χ0n) is 12.0. The van der Waals surface area contributed by atoms with Crippen LogP contribution in [0.25, 0.3) is 0 Å². The first-order chi connectivity index (χ1) is 10.2. The van der Waals surface area contributed by atoms with E-state index >= 15 is 0 Å². The average Bonchev–Trinajstić information content (AvgIpc) is 2.99. The van der Waals surface area contributed by atoms with E-state index in [-0.39, 0.29) is 12.3 Å². The van der Waals surface area contributed by atoms with E-state index in [0.29, 0.717) is 30.3 Å². The highest BCUT2D eigenvalue weighted by Crippen LogP contribution is 2.27. The third-order valence-electron chi connectivity index (χ3n) is 2.98. The van der Waals surface area contributed by atoms with Gasteiger partial charge in [-0.3, -0.25) is 9.89 Å². The molecule has 7 nitrogen and oxygen atoms in total. The SMILES string of the molecule is COc1ccc(CCNC(=O)Cc2ncn[nH]2)cc1OC. The number of hydrogen-bond acceptors (Lipinski definition) is 5. The van der Waals surface area contributed by atoms with Crippen LogP contribution in [0, 0.1) is 0 Å². The topological polar surface area (TPSA) is 89.1 Å². The molecular formula is C14H18N4O3. The first-order valence-corrected chi connectivity index (χ1v) is 6.54. The van der Waals surface area contributed by atoms with Crippen LogP contribution in [0.4, 0.5) is 0 Å². The van der Waals surface area contributed by atoms with Crippen molar-refractivity contribution in [2.75, 3.05) is 20.8 Å². The Morgan fingerprint density at radius 2 is 2.10 bits per heavy atom. The normalized spacial score (nSPS) is 10.2. The van der Waals surface area contributed by atoms with Gasteiger partial charge in [-0.15, -0.1) is 0 Å². The Morgan fingerprint density at radius 3 is 2.76 bits per heavy atom. The van der Waals surface area contributed by atoms with Crippen molar-refractivity contribution in [3.63, 3.8) is 0 Å². The maximum Gasteiger partial charge on any atom is 0.227 e. The molecule has 1 amide bonds. The molecule has 0 fully saturated rings. The van der Waals surface area contributed by atoms with Crippen molar-refractivity contribution in [1.82, 2.24) is 20.5 Å². The number of carbonyl (C=O) groups excluding carboxylic acids is 1. The van der Waals surface area contributed by atoms with Crippen LogP contribution >= 0.6 is 0 Å². The van der Waals surface area contributed by atoms with Crippen LogP contribution < -0.4 is 14.8 Å². The van der Waals surface area contributed by atoms with Crippen molar-refractivity contribution in [2.24, 2.45) is 0 Å². The summed E-state index contributed by atoms with van der Waals surface area (Å²) in [6.45, 7) is 0.544. The standard InChI is InChI=1S/C14H18N4O3/c1-20-11-4-3-10(7-12(11)21-2)5-6-15-14(19)8-13-16-9-17-18-13/h3-4,7,9H,5-6,8H2,1-2H3,(H,15,19)(H,16,17,18). The minimum atomic E-state index is -0.0905. The third-order valence-corrected chi connectivity index (χ3v) is 2.98. The Morgan fingerprint density at radius 1 is 1.29 bits per heavy atom. The summed E-state index contributed by atoms with van der Waals surface area (Å²) in [6, 6.07) is 5.70. The van der Waals surface area contributed by atoms with Gasteiger partial charge in [-0.2, -0.15) is 5.10 Å². The smallest absolute Gasteiger partial charge is 0.227 e. The quantitative estimate of drug-likeness (QED) is 0.784. The molecule has 0 aliphatic carbocycles. The molecule has 112 valence electrons. The largest absolute Gasteiger partial charge is 0.493 e. The molecule has 1 aromatic heterocycles. The minimum Gasteiger partial charge on any atom is -0.493 e. The lowest BCUT2D eigenvalue weighted by atomic mass is 10.1. The van der Waals surface area contributed by atoms with E-state index in [4.69, 9.17) is 9.47 Å². The summed E-state index contributed by atoms with van der Waals surface area (Å²) in [5.41, 5.74) is 1.06. The van der Waals surface area contributed by atoms with E-state index in [0.717, 1.165) is 5.56 Å². The molecular weight excluding hydrogens is 272 g/mol. The van der Waals surface area contributed by atoms with Gasteiger partial charge in [-0.05, 0) is 24.1 Å². The number of amides is 1. The number of methoxy groups -OCH3 is 2. The summed E-state index contributed by atoms with van der Waals surface area (Å²) in [6.07, 6.45) is 2.29. The maximum atomic E-state index is 11.7. The number of nitrogens with one attached hydrogen (secondary N) is 2. The van der Waals surface area contributed by atoms with Crippen molar-refractivity contribution < 1.29 is 14.3 Å². The highest BCUT2D eigenvalue weighted by atomic mass is 16.5. The number of aromatic nitrogens is 3. The van der Waals surface area contributed by atoms with E-state index in [1.54, 1.807) is 14.2 Å². The number of H-pyrrole nitrogens is 1. The van der Waals surface area contributed by atoms with Gasteiger partial charge in [0.05, 0.1) is 20.6 Å². The van der Waals surface area contributed by atoms with Crippen molar-refractivity contribution in [1.29, 1.82) is 0 Å². The number of carbonyl (C=O) groups is 1. The molecule has 0 atom stereocenters. The maximum absolute atomic E-state index is 11.7. The van der Waals surface area contributed by atoms with Crippen LogP contribution in [0.5, 0.6) is 11.5 Å². The minimum absolute atomic E-state index is 0.0905. The number of aromatic amines is 1. The predicted octanol–water partition coefficient (Wildman–Crippen LogP) is 0.723. The Hall–Kier alpha value is -2.57. The van der Waals surface area contributed by atoms with Gasteiger partial charge in [0.15, 0.2) is 11.5 Å². The van der Waals surface area contributed by atoms with Crippen LogP contribution in [0.3, 0.4) is 0 Å². The summed E-state index contributed by atoms with van der Waals surface area (Å²) in [4.78, 5) is 15.6. The van der Waals surface area contributed by atoms with Crippen LogP contribution in [-0.2, 0) is 17.6 Å². The first kappa shape index (κ1) is 14.8. The second-order valence-electron chi connectivity index (χ2n) is 4.40. The molecule has 21 heavy (non-hydrogen) atoms. The molecule has 2 rings (SSSR count). The second kappa shape index (κ2) is 7.28. The second-order valence-corrected chi connectivity index (χ2v) is 4.40. The summed E-state index contributed by atoms with van der Waals surface area (Å²) in [5, 5.41) is 9.18. The monoisotopic (exact) mass is 290 g/mol. The van der Waals surface area contributed by atoms with Crippen LogP contribution in [-0.4, -0.2) is 41.9 Å². The Bertz CT molecular complexity index is 584. The van der Waals surface area contributed by atoms with E-state index in [1.165, 1.54) is 6.33 Å². The summed E-state index contributed by atoms with van der Waals surface area (Å²) in [5.74, 6) is 1.84. The van der Waals surface area contributed by atoms with Crippen molar-refractivity contribution in [2.45, 2.75) is 12.8 Å². The molecule has 0 unspecified atom stereocenters. The molecule has 0 saturated carbocycles. The van der Waals surface area contributed by atoms with E-state index in [9.17, 15) is 4.79 Å². The lowest BCUT2D eigenvalue weighted by molar-refractivity contribution is -0.120. The molecule has 0 saturated heterocycles. The number of hydrogen-bond donors (Lipinski definition) is 2. The third kappa shape index (κ3) is 4.20. The molecule has 2 aromatic rings. The van der Waals surface area contributed by atoms with E-state index in [2.05, 4.69) is 20.5 Å².